The van der Waals surface area contributed by atoms with Crippen molar-refractivity contribution in [3.63, 3.8) is 0 Å². The van der Waals surface area contributed by atoms with Gasteiger partial charge >= 0.3 is 0 Å². The highest BCUT2D eigenvalue weighted by atomic mass is 16.5. The van der Waals surface area contributed by atoms with Gasteiger partial charge in [-0.15, -0.1) is 0 Å². The zero-order valence-corrected chi connectivity index (χ0v) is 19.1. The van der Waals surface area contributed by atoms with Crippen molar-refractivity contribution in [2.45, 2.75) is 39.2 Å². The molecular formula is C25H30N4O4. The minimum atomic E-state index is -0.885. The number of rotatable bonds is 11. The number of carbonyl (C=O) groups excluding carboxylic acids is 3. The van der Waals surface area contributed by atoms with Crippen LogP contribution >= 0.6 is 0 Å². The third-order valence-corrected chi connectivity index (χ3v) is 5.53. The Hall–Kier alpha value is -3.68. The number of Topliss-reactive ketones (excluding diaryl/α,β-unsaturated/α-hetero) is 1. The van der Waals surface area contributed by atoms with Crippen molar-refractivity contribution in [2.24, 2.45) is 17.6 Å². The largest absolute Gasteiger partial charge is 0.496 e. The van der Waals surface area contributed by atoms with Crippen LogP contribution in [0.15, 0.2) is 48.8 Å². The number of fused-ring (bicyclic) bond motifs is 1. The van der Waals surface area contributed by atoms with Crippen molar-refractivity contribution in [3.05, 3.63) is 60.0 Å². The molecule has 2 atom stereocenters. The Morgan fingerprint density at radius 2 is 1.97 bits per heavy atom. The van der Waals surface area contributed by atoms with Crippen molar-refractivity contribution in [3.8, 4) is 5.75 Å². The molecule has 0 saturated heterocycles. The first-order chi connectivity index (χ1) is 15.8. The summed E-state index contributed by atoms with van der Waals surface area (Å²) in [4.78, 5) is 45.3. The van der Waals surface area contributed by atoms with Gasteiger partial charge in [-0.05, 0) is 42.2 Å². The van der Waals surface area contributed by atoms with Gasteiger partial charge in [-0.1, -0.05) is 26.0 Å². The van der Waals surface area contributed by atoms with Crippen LogP contribution < -0.4 is 15.8 Å². The van der Waals surface area contributed by atoms with Gasteiger partial charge < -0.3 is 20.8 Å². The van der Waals surface area contributed by atoms with Crippen LogP contribution in [0.4, 0.5) is 0 Å². The Morgan fingerprint density at radius 1 is 1.18 bits per heavy atom. The van der Waals surface area contributed by atoms with E-state index in [0.29, 0.717) is 17.9 Å². The number of nitrogens with two attached hydrogens (primary N) is 1. The van der Waals surface area contributed by atoms with E-state index in [4.69, 9.17) is 10.5 Å². The maximum Gasteiger partial charge on any atom is 0.240 e. The summed E-state index contributed by atoms with van der Waals surface area (Å²) < 4.78 is 5.36. The fraction of sp³-hybridized carbons (Fsp3) is 0.360. The number of methoxy groups -OCH3 is 1. The Labute approximate surface area is 192 Å². The molecule has 0 spiro atoms. The van der Waals surface area contributed by atoms with Crippen molar-refractivity contribution in [2.75, 3.05) is 7.11 Å². The molecule has 2 amide bonds. The molecule has 0 unspecified atom stereocenters. The molecule has 174 valence electrons. The number of amides is 2. The highest BCUT2D eigenvalue weighted by Gasteiger charge is 2.28. The third kappa shape index (κ3) is 6.19. The summed E-state index contributed by atoms with van der Waals surface area (Å²) in [7, 11) is 1.58. The number of nitrogens with zero attached hydrogens (tertiary/aromatic N) is 1. The molecule has 0 aliphatic carbocycles. The number of ether oxygens (including phenoxy) is 1. The van der Waals surface area contributed by atoms with Gasteiger partial charge in [0.15, 0.2) is 5.78 Å². The van der Waals surface area contributed by atoms with E-state index in [0.717, 1.165) is 16.5 Å². The highest BCUT2D eigenvalue weighted by molar-refractivity contribution is 6.02. The predicted molar refractivity (Wildman–Crippen MR) is 126 cm³/mol. The topological polar surface area (TPSA) is 127 Å². The Morgan fingerprint density at radius 3 is 2.61 bits per heavy atom. The number of hydrogen-bond acceptors (Lipinski definition) is 5. The molecular weight excluding hydrogens is 420 g/mol. The van der Waals surface area contributed by atoms with Gasteiger partial charge in [-0.3, -0.25) is 19.4 Å². The summed E-state index contributed by atoms with van der Waals surface area (Å²) in [6.45, 7) is 3.97. The molecule has 3 aromatic rings. The number of aromatic nitrogens is 2. The number of nitrogens with one attached hydrogen (secondary N) is 2. The number of H-pyrrole nitrogens is 1. The van der Waals surface area contributed by atoms with E-state index in [-0.39, 0.29) is 30.4 Å². The molecule has 3 rings (SSSR count). The average molecular weight is 451 g/mol. The van der Waals surface area contributed by atoms with Gasteiger partial charge in [0.25, 0.3) is 0 Å². The normalized spacial score (nSPS) is 13.0. The number of ketones is 1. The molecule has 2 aromatic heterocycles. The Bertz CT molecular complexity index is 1120. The van der Waals surface area contributed by atoms with E-state index in [2.05, 4.69) is 15.3 Å². The number of hydrogen-bond donors (Lipinski definition) is 3. The Balaban J connectivity index is 1.76. The minimum absolute atomic E-state index is 0.0114. The first-order valence-electron chi connectivity index (χ1n) is 11.0. The molecule has 0 aliphatic rings. The molecule has 0 radical (unpaired) electrons. The molecule has 8 heteroatoms. The minimum Gasteiger partial charge on any atom is -0.496 e. The van der Waals surface area contributed by atoms with Crippen LogP contribution in [0.2, 0.25) is 0 Å². The van der Waals surface area contributed by atoms with Crippen LogP contribution in [0.5, 0.6) is 5.75 Å². The molecule has 4 N–H and O–H groups in total. The number of benzene rings is 1. The molecule has 8 nitrogen and oxygen atoms in total. The fourth-order valence-electron chi connectivity index (χ4n) is 3.91. The number of carbonyl (C=O) groups is 3. The standard InChI is InChI=1S/C25H30N4O4/c1-15(2)10-17(25(32)29-21(24(26)31)11-16-6-5-9-27-14-16)12-22(30)20-13-18-19(28-20)7-4-8-23(18)33-3/h4-9,13-15,17,21,28H,10-12H2,1-3H3,(H2,26,31)(H,29,32)/t17-,21+/m1/s1. The Kier molecular flexibility index (Phi) is 7.82. The average Bonchev–Trinajstić information content (AvgIpc) is 3.23. The van der Waals surface area contributed by atoms with E-state index in [1.54, 1.807) is 31.6 Å². The number of pyridine rings is 1. The maximum atomic E-state index is 13.1. The molecule has 1 aromatic carbocycles. The molecule has 33 heavy (non-hydrogen) atoms. The molecule has 0 fully saturated rings. The molecule has 0 aliphatic heterocycles. The SMILES string of the molecule is COc1cccc2[nH]c(C(=O)C[C@@H](CC(C)C)C(=O)N[C@@H](Cc3cccnc3)C(N)=O)cc12. The third-order valence-electron chi connectivity index (χ3n) is 5.53. The smallest absolute Gasteiger partial charge is 0.240 e. The van der Waals surface area contributed by atoms with Crippen LogP contribution in [0.3, 0.4) is 0 Å². The summed E-state index contributed by atoms with van der Waals surface area (Å²) in [6.07, 6.45) is 4.00. The number of aromatic amines is 1. The summed E-state index contributed by atoms with van der Waals surface area (Å²) in [5, 5.41) is 3.55. The van der Waals surface area contributed by atoms with Gasteiger partial charge in [0.05, 0.1) is 12.8 Å². The van der Waals surface area contributed by atoms with Gasteiger partial charge in [0.1, 0.15) is 11.8 Å². The monoisotopic (exact) mass is 450 g/mol. The van der Waals surface area contributed by atoms with Crippen molar-refractivity contribution < 1.29 is 19.1 Å². The van der Waals surface area contributed by atoms with Crippen molar-refractivity contribution in [1.82, 2.24) is 15.3 Å². The van der Waals surface area contributed by atoms with Gasteiger partial charge in [-0.25, -0.2) is 0 Å². The maximum absolute atomic E-state index is 13.1. The second-order valence-corrected chi connectivity index (χ2v) is 8.59. The molecule has 0 bridgehead atoms. The van der Waals surface area contributed by atoms with Crippen LogP contribution in [0.1, 0.15) is 42.7 Å². The lowest BCUT2D eigenvalue weighted by Crippen LogP contribution is -2.48. The first-order valence-corrected chi connectivity index (χ1v) is 11.0. The second kappa shape index (κ2) is 10.8. The first kappa shape index (κ1) is 24.0. The van der Waals surface area contributed by atoms with Crippen molar-refractivity contribution >= 4 is 28.5 Å². The predicted octanol–water partition coefficient (Wildman–Crippen LogP) is 3.02. The van der Waals surface area contributed by atoms with Gasteiger partial charge in [0, 0.05) is 42.1 Å². The van der Waals surface area contributed by atoms with Gasteiger partial charge in [0.2, 0.25) is 11.8 Å². The van der Waals surface area contributed by atoms with Crippen LogP contribution in [0.25, 0.3) is 10.9 Å². The number of primary amides is 1. The lowest BCUT2D eigenvalue weighted by atomic mass is 9.90. The quantitative estimate of drug-likeness (QED) is 0.387. The van der Waals surface area contributed by atoms with E-state index < -0.39 is 17.9 Å². The van der Waals surface area contributed by atoms with Crippen LogP contribution in [0, 0.1) is 11.8 Å². The fourth-order valence-corrected chi connectivity index (χ4v) is 3.91. The second-order valence-electron chi connectivity index (χ2n) is 8.59. The van der Waals surface area contributed by atoms with Gasteiger partial charge in [-0.2, -0.15) is 0 Å². The van der Waals surface area contributed by atoms with E-state index in [1.165, 1.54) is 0 Å². The van der Waals surface area contributed by atoms with Crippen LogP contribution in [-0.4, -0.2) is 40.7 Å². The lowest BCUT2D eigenvalue weighted by Gasteiger charge is -2.22. The molecule has 2 heterocycles. The summed E-state index contributed by atoms with van der Waals surface area (Å²) in [6, 6.07) is 9.96. The lowest BCUT2D eigenvalue weighted by molar-refractivity contribution is -0.130. The summed E-state index contributed by atoms with van der Waals surface area (Å²) in [5.74, 6) is -0.929. The zero-order valence-electron chi connectivity index (χ0n) is 19.1. The van der Waals surface area contributed by atoms with E-state index in [1.807, 2.05) is 38.1 Å². The van der Waals surface area contributed by atoms with E-state index in [9.17, 15) is 14.4 Å². The summed E-state index contributed by atoms with van der Waals surface area (Å²) >= 11 is 0. The molecule has 0 saturated carbocycles. The highest BCUT2D eigenvalue weighted by Crippen LogP contribution is 2.27. The van der Waals surface area contributed by atoms with Crippen molar-refractivity contribution in [1.29, 1.82) is 0 Å². The zero-order chi connectivity index (χ0) is 24.0. The summed E-state index contributed by atoms with van der Waals surface area (Å²) in [5.41, 5.74) is 7.52. The van der Waals surface area contributed by atoms with Crippen LogP contribution in [-0.2, 0) is 16.0 Å². The van der Waals surface area contributed by atoms with E-state index >= 15 is 0 Å².